The second kappa shape index (κ2) is 9.88. The Morgan fingerprint density at radius 2 is 1.13 bits per heavy atom. The summed E-state index contributed by atoms with van der Waals surface area (Å²) in [5.41, 5.74) is 3.60. The van der Waals surface area contributed by atoms with Gasteiger partial charge in [-0.3, -0.25) is 0 Å². The van der Waals surface area contributed by atoms with Gasteiger partial charge < -0.3 is 5.11 Å². The van der Waals surface area contributed by atoms with E-state index in [4.69, 9.17) is 0 Å². The number of rotatable bonds is 5. The maximum absolute atomic E-state index is 11.5. The van der Waals surface area contributed by atoms with E-state index in [2.05, 4.69) is 123 Å². The van der Waals surface area contributed by atoms with Crippen LogP contribution >= 0.6 is 0 Å². The van der Waals surface area contributed by atoms with Gasteiger partial charge in [-0.15, -0.1) is 0 Å². The SMILES string of the molecule is CC(C)C(C)(C)c1cc(C(C)(C)CC(C)(C)C)cc(C(C)(C)C(C)(C)C)c1O.CCC. The van der Waals surface area contributed by atoms with E-state index in [9.17, 15) is 5.11 Å². The Morgan fingerprint density at radius 3 is 1.45 bits per heavy atom. The van der Waals surface area contributed by atoms with Gasteiger partial charge in [0.1, 0.15) is 5.75 Å². The first-order valence-electron chi connectivity index (χ1n) is 12.4. The van der Waals surface area contributed by atoms with E-state index in [1.165, 1.54) is 12.0 Å². The highest BCUT2D eigenvalue weighted by Crippen LogP contribution is 2.50. The molecule has 0 radical (unpaired) electrons. The van der Waals surface area contributed by atoms with Crippen molar-refractivity contribution in [2.75, 3.05) is 0 Å². The molecule has 31 heavy (non-hydrogen) atoms. The fraction of sp³-hybridized carbons (Fsp3) is 0.800. The average Bonchev–Trinajstić information content (AvgIpc) is 2.51. The molecule has 1 nitrogen and oxygen atoms in total. The average molecular weight is 433 g/mol. The maximum Gasteiger partial charge on any atom is 0.123 e. The Hall–Kier alpha value is -0.980. The van der Waals surface area contributed by atoms with Gasteiger partial charge in [0.25, 0.3) is 0 Å². The minimum absolute atomic E-state index is 0.0382. The molecule has 0 aliphatic heterocycles. The molecule has 0 bridgehead atoms. The third-order valence-corrected chi connectivity index (χ3v) is 7.55. The molecule has 0 aliphatic rings. The molecule has 0 aliphatic carbocycles. The van der Waals surface area contributed by atoms with Gasteiger partial charge in [0, 0.05) is 11.1 Å². The number of aromatic hydroxyl groups is 1. The summed E-state index contributed by atoms with van der Waals surface area (Å²) >= 11 is 0. The van der Waals surface area contributed by atoms with Crippen molar-refractivity contribution in [3.63, 3.8) is 0 Å². The van der Waals surface area contributed by atoms with Crippen molar-refractivity contribution in [2.45, 2.75) is 140 Å². The van der Waals surface area contributed by atoms with Gasteiger partial charge in [-0.05, 0) is 45.0 Å². The minimum atomic E-state index is -0.146. The summed E-state index contributed by atoms with van der Waals surface area (Å²) in [7, 11) is 0. The van der Waals surface area contributed by atoms with E-state index in [0.29, 0.717) is 11.7 Å². The van der Waals surface area contributed by atoms with Gasteiger partial charge in [0.2, 0.25) is 0 Å². The Morgan fingerprint density at radius 1 is 0.742 bits per heavy atom. The van der Waals surface area contributed by atoms with Crippen LogP contribution in [0.25, 0.3) is 0 Å². The van der Waals surface area contributed by atoms with Crippen LogP contribution in [-0.2, 0) is 16.2 Å². The zero-order valence-corrected chi connectivity index (χ0v) is 24.1. The smallest absolute Gasteiger partial charge is 0.123 e. The van der Waals surface area contributed by atoms with E-state index in [1.807, 2.05) is 0 Å². The molecule has 0 fully saturated rings. The molecular weight excluding hydrogens is 376 g/mol. The lowest BCUT2D eigenvalue weighted by Crippen LogP contribution is -2.36. The van der Waals surface area contributed by atoms with Crippen molar-refractivity contribution < 1.29 is 5.11 Å². The van der Waals surface area contributed by atoms with Gasteiger partial charge in [0.05, 0.1) is 0 Å². The molecule has 1 N–H and O–H groups in total. The van der Waals surface area contributed by atoms with Crippen LogP contribution in [0.3, 0.4) is 0 Å². The first-order valence-corrected chi connectivity index (χ1v) is 12.4. The lowest BCUT2D eigenvalue weighted by atomic mass is 9.62. The number of benzene rings is 1. The van der Waals surface area contributed by atoms with Crippen LogP contribution in [0.5, 0.6) is 5.75 Å². The lowest BCUT2D eigenvalue weighted by molar-refractivity contribution is 0.217. The summed E-state index contributed by atoms with van der Waals surface area (Å²) in [4.78, 5) is 0. The van der Waals surface area contributed by atoms with Crippen molar-refractivity contribution in [1.82, 2.24) is 0 Å². The number of phenols is 1. The summed E-state index contributed by atoms with van der Waals surface area (Å²) in [5.74, 6) is 0.930. The standard InChI is InChI=1S/C27H48O.C3H8/c1-18(2)26(11,12)20-15-19(25(9,10)17-23(3,4)5)16-21(22(20)28)27(13,14)24(6,7)8;1-3-2/h15-16,18,28H,17H2,1-14H3;3H2,1-2H3. The van der Waals surface area contributed by atoms with Gasteiger partial charge in [-0.1, -0.05) is 129 Å². The van der Waals surface area contributed by atoms with E-state index in [0.717, 1.165) is 17.5 Å². The number of phenolic OH excluding ortho intramolecular Hbond substituents is 1. The van der Waals surface area contributed by atoms with Crippen LogP contribution in [-0.4, -0.2) is 5.11 Å². The fourth-order valence-corrected chi connectivity index (χ4v) is 4.14. The molecule has 1 aromatic carbocycles. The Balaban J connectivity index is 0.00000282. The first kappa shape index (κ1) is 30.0. The molecule has 0 heterocycles. The summed E-state index contributed by atoms with van der Waals surface area (Å²) in [6.07, 6.45) is 2.35. The zero-order valence-electron chi connectivity index (χ0n) is 24.1. The molecule has 1 aromatic rings. The topological polar surface area (TPSA) is 20.2 Å². The minimum Gasteiger partial charge on any atom is -0.507 e. The van der Waals surface area contributed by atoms with Crippen LogP contribution in [0.4, 0.5) is 0 Å². The van der Waals surface area contributed by atoms with Gasteiger partial charge >= 0.3 is 0 Å². The highest BCUT2D eigenvalue weighted by atomic mass is 16.3. The largest absolute Gasteiger partial charge is 0.507 e. The number of hydrogen-bond acceptors (Lipinski definition) is 1. The fourth-order valence-electron chi connectivity index (χ4n) is 4.14. The van der Waals surface area contributed by atoms with Crippen LogP contribution in [0.1, 0.15) is 140 Å². The quantitative estimate of drug-likeness (QED) is 0.490. The predicted molar refractivity (Wildman–Crippen MR) is 142 cm³/mol. The second-order valence-electron chi connectivity index (χ2n) is 14.0. The Labute approximate surface area is 196 Å². The zero-order chi connectivity index (χ0) is 25.2. The first-order chi connectivity index (χ1) is 13.6. The second-order valence-corrected chi connectivity index (χ2v) is 14.0. The summed E-state index contributed by atoms with van der Waals surface area (Å²) < 4.78 is 0. The van der Waals surface area contributed by atoms with E-state index in [-0.39, 0.29) is 27.1 Å². The lowest BCUT2D eigenvalue weighted by Gasteiger charge is -2.43. The van der Waals surface area contributed by atoms with E-state index in [1.54, 1.807) is 0 Å². The molecule has 0 saturated carbocycles. The Bertz CT molecular complexity index is 703. The van der Waals surface area contributed by atoms with Crippen molar-refractivity contribution in [3.05, 3.63) is 28.8 Å². The molecular formula is C30H56O. The molecule has 0 amide bonds. The van der Waals surface area contributed by atoms with Crippen LogP contribution in [0, 0.1) is 16.7 Å². The van der Waals surface area contributed by atoms with E-state index >= 15 is 0 Å². The van der Waals surface area contributed by atoms with Crippen molar-refractivity contribution >= 4 is 0 Å². The summed E-state index contributed by atoms with van der Waals surface area (Å²) in [6.45, 7) is 36.3. The molecule has 0 unspecified atom stereocenters. The molecule has 0 saturated heterocycles. The highest BCUT2D eigenvalue weighted by molar-refractivity contribution is 5.52. The van der Waals surface area contributed by atoms with Crippen molar-refractivity contribution in [1.29, 1.82) is 0 Å². The highest BCUT2D eigenvalue weighted by Gasteiger charge is 2.40. The van der Waals surface area contributed by atoms with E-state index < -0.39 is 0 Å². The summed E-state index contributed by atoms with van der Waals surface area (Å²) in [5, 5.41) is 11.5. The summed E-state index contributed by atoms with van der Waals surface area (Å²) in [6, 6.07) is 4.59. The van der Waals surface area contributed by atoms with Gasteiger partial charge in [-0.2, -0.15) is 0 Å². The molecule has 0 atom stereocenters. The molecule has 0 aromatic heterocycles. The normalized spacial score (nSPS) is 13.8. The van der Waals surface area contributed by atoms with Crippen molar-refractivity contribution in [2.24, 2.45) is 16.7 Å². The molecule has 1 heteroatoms. The predicted octanol–water partition coefficient (Wildman–Crippen LogP) is 9.78. The van der Waals surface area contributed by atoms with Gasteiger partial charge in [0.15, 0.2) is 0 Å². The molecule has 1 rings (SSSR count). The van der Waals surface area contributed by atoms with Crippen LogP contribution in [0.15, 0.2) is 12.1 Å². The van der Waals surface area contributed by atoms with Crippen LogP contribution < -0.4 is 0 Å². The maximum atomic E-state index is 11.5. The molecule has 182 valence electrons. The Kier molecular flexibility index (Phi) is 9.57. The third kappa shape index (κ3) is 7.26. The monoisotopic (exact) mass is 432 g/mol. The third-order valence-electron chi connectivity index (χ3n) is 7.55. The van der Waals surface area contributed by atoms with Gasteiger partial charge in [-0.25, -0.2) is 0 Å². The van der Waals surface area contributed by atoms with Crippen LogP contribution in [0.2, 0.25) is 0 Å². The molecule has 0 spiro atoms. The van der Waals surface area contributed by atoms with Crippen molar-refractivity contribution in [3.8, 4) is 5.75 Å². The number of hydrogen-bond donors (Lipinski definition) is 1.